The van der Waals surface area contributed by atoms with Crippen LogP contribution in [-0.4, -0.2) is 9.97 Å². The van der Waals surface area contributed by atoms with Gasteiger partial charge in [-0.3, -0.25) is 0 Å². The van der Waals surface area contributed by atoms with Crippen molar-refractivity contribution in [2.45, 2.75) is 6.92 Å². The summed E-state index contributed by atoms with van der Waals surface area (Å²) in [6.45, 7) is 1.93. The molecule has 0 bridgehead atoms. The van der Waals surface area contributed by atoms with Gasteiger partial charge in [0.2, 0.25) is 5.89 Å². The standard InChI is InChI=1S/C13H10BrN3O/c1-7-3-2-4-10(16-7)13-17-11-6-8(14)5-9(15)12(11)18-13/h2-6H,15H2,1H3. The second-order valence-electron chi connectivity index (χ2n) is 4.03. The van der Waals surface area contributed by atoms with Gasteiger partial charge in [-0.15, -0.1) is 0 Å². The molecule has 0 fully saturated rings. The van der Waals surface area contributed by atoms with Crippen molar-refractivity contribution in [1.29, 1.82) is 0 Å². The minimum absolute atomic E-state index is 0.485. The Morgan fingerprint density at radius 2 is 2.06 bits per heavy atom. The molecule has 3 rings (SSSR count). The molecule has 18 heavy (non-hydrogen) atoms. The number of aryl methyl sites for hydroxylation is 1. The van der Waals surface area contributed by atoms with Gasteiger partial charge in [-0.05, 0) is 31.2 Å². The summed E-state index contributed by atoms with van der Waals surface area (Å²) in [7, 11) is 0. The van der Waals surface area contributed by atoms with Crippen molar-refractivity contribution < 1.29 is 4.42 Å². The van der Waals surface area contributed by atoms with Crippen LogP contribution in [0.5, 0.6) is 0 Å². The van der Waals surface area contributed by atoms with Gasteiger partial charge in [0.1, 0.15) is 11.2 Å². The third-order valence-corrected chi connectivity index (χ3v) is 3.05. The number of fused-ring (bicyclic) bond motifs is 1. The molecule has 0 unspecified atom stereocenters. The van der Waals surface area contributed by atoms with E-state index in [4.69, 9.17) is 10.2 Å². The van der Waals surface area contributed by atoms with Gasteiger partial charge >= 0.3 is 0 Å². The maximum absolute atomic E-state index is 5.89. The second kappa shape index (κ2) is 4.10. The van der Waals surface area contributed by atoms with Gasteiger partial charge in [0.15, 0.2) is 5.58 Å². The van der Waals surface area contributed by atoms with Crippen LogP contribution in [0.2, 0.25) is 0 Å². The zero-order chi connectivity index (χ0) is 12.7. The average Bonchev–Trinajstić information content (AvgIpc) is 2.73. The van der Waals surface area contributed by atoms with Crippen LogP contribution < -0.4 is 5.73 Å². The van der Waals surface area contributed by atoms with Gasteiger partial charge in [-0.1, -0.05) is 22.0 Å². The van der Waals surface area contributed by atoms with Crippen molar-refractivity contribution >= 4 is 32.7 Å². The molecule has 0 aliphatic heterocycles. The number of nitrogens with two attached hydrogens (primary N) is 1. The van der Waals surface area contributed by atoms with Crippen LogP contribution in [-0.2, 0) is 0 Å². The fourth-order valence-corrected chi connectivity index (χ4v) is 2.26. The number of nitrogen functional groups attached to an aromatic ring is 1. The van der Waals surface area contributed by atoms with Crippen molar-refractivity contribution in [2.75, 3.05) is 5.73 Å². The van der Waals surface area contributed by atoms with Crippen LogP contribution in [0.3, 0.4) is 0 Å². The Morgan fingerprint density at radius 3 is 2.83 bits per heavy atom. The van der Waals surface area contributed by atoms with Crippen molar-refractivity contribution in [3.05, 3.63) is 40.5 Å². The van der Waals surface area contributed by atoms with Crippen LogP contribution in [0.1, 0.15) is 5.69 Å². The lowest BCUT2D eigenvalue weighted by Gasteiger charge is -1.95. The molecule has 0 atom stereocenters. The van der Waals surface area contributed by atoms with E-state index in [0.717, 1.165) is 15.7 Å². The van der Waals surface area contributed by atoms with E-state index in [9.17, 15) is 0 Å². The van der Waals surface area contributed by atoms with E-state index in [0.29, 0.717) is 22.9 Å². The molecule has 0 aliphatic rings. The number of anilines is 1. The van der Waals surface area contributed by atoms with Crippen molar-refractivity contribution in [1.82, 2.24) is 9.97 Å². The Balaban J connectivity index is 2.22. The second-order valence-corrected chi connectivity index (χ2v) is 4.94. The number of pyridine rings is 1. The lowest BCUT2D eigenvalue weighted by molar-refractivity contribution is 0.617. The van der Waals surface area contributed by atoms with Crippen LogP contribution >= 0.6 is 15.9 Å². The molecule has 5 heteroatoms. The summed E-state index contributed by atoms with van der Waals surface area (Å²) in [6, 6.07) is 9.38. The lowest BCUT2D eigenvalue weighted by Crippen LogP contribution is -1.85. The number of nitrogens with zero attached hydrogens (tertiary/aromatic N) is 2. The Labute approximate surface area is 112 Å². The van der Waals surface area contributed by atoms with Crippen molar-refractivity contribution in [3.8, 4) is 11.6 Å². The normalized spacial score (nSPS) is 11.0. The Kier molecular flexibility index (Phi) is 2.56. The number of hydrogen-bond donors (Lipinski definition) is 1. The molecule has 1 aromatic carbocycles. The van der Waals surface area contributed by atoms with E-state index < -0.39 is 0 Å². The number of rotatable bonds is 1. The maximum Gasteiger partial charge on any atom is 0.246 e. The van der Waals surface area contributed by atoms with Crippen LogP contribution in [0, 0.1) is 6.92 Å². The maximum atomic E-state index is 5.89. The smallest absolute Gasteiger partial charge is 0.246 e. The number of halogens is 1. The first-order valence-electron chi connectivity index (χ1n) is 5.43. The van der Waals surface area contributed by atoms with Gasteiger partial charge in [0.05, 0.1) is 5.69 Å². The third-order valence-electron chi connectivity index (χ3n) is 2.59. The molecule has 0 amide bonds. The quantitative estimate of drug-likeness (QED) is 0.698. The molecule has 0 spiro atoms. The zero-order valence-electron chi connectivity index (χ0n) is 9.64. The summed E-state index contributed by atoms with van der Waals surface area (Å²) >= 11 is 3.38. The Bertz CT molecular complexity index is 736. The molecule has 0 saturated heterocycles. The summed E-state index contributed by atoms with van der Waals surface area (Å²) in [5, 5.41) is 0. The van der Waals surface area contributed by atoms with Gasteiger partial charge < -0.3 is 10.2 Å². The molecule has 0 aliphatic carbocycles. The van der Waals surface area contributed by atoms with E-state index in [1.165, 1.54) is 0 Å². The molecule has 3 aromatic rings. The number of oxazole rings is 1. The zero-order valence-corrected chi connectivity index (χ0v) is 11.2. The largest absolute Gasteiger partial charge is 0.432 e. The molecule has 2 N–H and O–H groups in total. The highest BCUT2D eigenvalue weighted by Gasteiger charge is 2.12. The molecular weight excluding hydrogens is 294 g/mol. The van der Waals surface area contributed by atoms with Crippen molar-refractivity contribution in [2.24, 2.45) is 0 Å². The minimum atomic E-state index is 0.485. The van der Waals surface area contributed by atoms with E-state index in [2.05, 4.69) is 25.9 Å². The highest BCUT2D eigenvalue weighted by molar-refractivity contribution is 9.10. The topological polar surface area (TPSA) is 64.9 Å². The van der Waals surface area contributed by atoms with Crippen molar-refractivity contribution in [3.63, 3.8) is 0 Å². The molecular formula is C13H10BrN3O. The van der Waals surface area contributed by atoms with E-state index >= 15 is 0 Å². The van der Waals surface area contributed by atoms with Gasteiger partial charge in [-0.25, -0.2) is 9.97 Å². The van der Waals surface area contributed by atoms with Crippen LogP contribution in [0.4, 0.5) is 5.69 Å². The monoisotopic (exact) mass is 303 g/mol. The Hall–Kier alpha value is -1.88. The SMILES string of the molecule is Cc1cccc(-c2nc3cc(Br)cc(N)c3o2)n1. The third kappa shape index (κ3) is 1.86. The summed E-state index contributed by atoms with van der Waals surface area (Å²) in [6.07, 6.45) is 0. The van der Waals surface area contributed by atoms with Gasteiger partial charge in [-0.2, -0.15) is 0 Å². The summed E-state index contributed by atoms with van der Waals surface area (Å²) < 4.78 is 6.55. The van der Waals surface area contributed by atoms with E-state index in [1.807, 2.05) is 31.2 Å². The van der Waals surface area contributed by atoms with E-state index in [1.54, 1.807) is 6.07 Å². The predicted octanol–water partition coefficient (Wildman–Crippen LogP) is 3.54. The molecule has 0 radical (unpaired) electrons. The number of aromatic nitrogens is 2. The van der Waals surface area contributed by atoms with E-state index in [-0.39, 0.29) is 0 Å². The summed E-state index contributed by atoms with van der Waals surface area (Å²) in [4.78, 5) is 8.79. The first kappa shape index (κ1) is 11.2. The highest BCUT2D eigenvalue weighted by atomic mass is 79.9. The predicted molar refractivity (Wildman–Crippen MR) is 74.1 cm³/mol. The first-order chi connectivity index (χ1) is 8.63. The fraction of sp³-hybridized carbons (Fsp3) is 0.0769. The molecule has 90 valence electrons. The number of benzene rings is 1. The number of hydrogen-bond acceptors (Lipinski definition) is 4. The first-order valence-corrected chi connectivity index (χ1v) is 6.22. The molecule has 2 aromatic heterocycles. The summed E-state index contributed by atoms with van der Waals surface area (Å²) in [5.74, 6) is 0.485. The lowest BCUT2D eigenvalue weighted by atomic mass is 10.3. The van der Waals surface area contributed by atoms with Gasteiger partial charge in [0, 0.05) is 10.2 Å². The van der Waals surface area contributed by atoms with Crippen LogP contribution in [0.15, 0.2) is 39.2 Å². The van der Waals surface area contributed by atoms with Gasteiger partial charge in [0.25, 0.3) is 0 Å². The minimum Gasteiger partial charge on any atom is -0.432 e. The Morgan fingerprint density at radius 1 is 1.22 bits per heavy atom. The molecule has 2 heterocycles. The average molecular weight is 304 g/mol. The molecule has 4 nitrogen and oxygen atoms in total. The highest BCUT2D eigenvalue weighted by Crippen LogP contribution is 2.29. The fourth-order valence-electron chi connectivity index (χ4n) is 1.79. The summed E-state index contributed by atoms with van der Waals surface area (Å²) in [5.41, 5.74) is 9.40. The van der Waals surface area contributed by atoms with Crippen LogP contribution in [0.25, 0.3) is 22.7 Å². The molecule has 0 saturated carbocycles.